The van der Waals surface area contributed by atoms with E-state index in [2.05, 4.69) is 22.1 Å². The first-order valence-electron chi connectivity index (χ1n) is 13.1. The summed E-state index contributed by atoms with van der Waals surface area (Å²) in [6.45, 7) is 5.21. The van der Waals surface area contributed by atoms with Crippen molar-refractivity contribution in [3.8, 4) is 5.75 Å². The van der Waals surface area contributed by atoms with Crippen molar-refractivity contribution in [3.63, 3.8) is 0 Å². The maximum atomic E-state index is 13.4. The minimum Gasteiger partial charge on any atom is -0.490 e. The molecule has 1 saturated heterocycles. The molecule has 0 radical (unpaired) electrons. The van der Waals surface area contributed by atoms with Crippen LogP contribution in [0, 0.1) is 5.92 Å². The van der Waals surface area contributed by atoms with E-state index >= 15 is 0 Å². The van der Waals surface area contributed by atoms with Gasteiger partial charge in [-0.1, -0.05) is 19.1 Å². The highest BCUT2D eigenvalue weighted by molar-refractivity contribution is 7.89. The molecule has 7 nitrogen and oxygen atoms in total. The first-order chi connectivity index (χ1) is 17.6. The minimum atomic E-state index is -3.17. The third-order valence-electron chi connectivity index (χ3n) is 7.65. The molecule has 10 heteroatoms. The highest BCUT2D eigenvalue weighted by Gasteiger charge is 2.34. The molecule has 0 N–H and O–H groups in total. The third-order valence-corrected chi connectivity index (χ3v) is 9.69. The Morgan fingerprint density at radius 1 is 1.14 bits per heavy atom. The number of halogens is 2. The van der Waals surface area contributed by atoms with E-state index in [1.54, 1.807) is 4.31 Å². The van der Waals surface area contributed by atoms with Crippen LogP contribution in [0.3, 0.4) is 0 Å². The summed E-state index contributed by atoms with van der Waals surface area (Å²) in [5.74, 6) is -0.919. The molecular weight excluding hydrogens is 498 g/mol. The molecular formula is C27H34F2N4O3S. The van der Waals surface area contributed by atoms with Crippen molar-refractivity contribution in [1.29, 1.82) is 0 Å². The number of piperidine rings is 1. The van der Waals surface area contributed by atoms with E-state index < -0.39 is 15.9 Å². The predicted molar refractivity (Wildman–Crippen MR) is 139 cm³/mol. The van der Waals surface area contributed by atoms with Gasteiger partial charge < -0.3 is 9.64 Å². The lowest BCUT2D eigenvalue weighted by molar-refractivity contribution is 0.0167. The number of ether oxygens (including phenoxy) is 1. The highest BCUT2D eigenvalue weighted by atomic mass is 32.2. The summed E-state index contributed by atoms with van der Waals surface area (Å²) >= 11 is 0. The van der Waals surface area contributed by atoms with Gasteiger partial charge in [-0.2, -0.15) is 4.31 Å². The quantitative estimate of drug-likeness (QED) is 0.517. The number of hydrogen-bond acceptors (Lipinski definition) is 6. The average Bonchev–Trinajstić information content (AvgIpc) is 3.32. The average molecular weight is 533 g/mol. The van der Waals surface area contributed by atoms with Crippen LogP contribution >= 0.6 is 0 Å². The number of nitrogens with zero attached hydrogens (tertiary/aromatic N) is 4. The van der Waals surface area contributed by atoms with Gasteiger partial charge in [0.25, 0.3) is 5.92 Å². The van der Waals surface area contributed by atoms with Gasteiger partial charge in [0.15, 0.2) is 0 Å². The topological polar surface area (TPSA) is 75.6 Å². The van der Waals surface area contributed by atoms with Crippen LogP contribution in [0.2, 0.25) is 0 Å². The molecule has 1 aromatic heterocycles. The molecule has 0 bridgehead atoms. The summed E-state index contributed by atoms with van der Waals surface area (Å²) in [6.07, 6.45) is 8.63. The van der Waals surface area contributed by atoms with E-state index in [0.29, 0.717) is 37.8 Å². The Balaban J connectivity index is 1.17. The summed E-state index contributed by atoms with van der Waals surface area (Å²) in [5, 5.41) is 0. The van der Waals surface area contributed by atoms with E-state index in [4.69, 9.17) is 4.74 Å². The fourth-order valence-electron chi connectivity index (χ4n) is 5.47. The fraction of sp³-hybridized carbons (Fsp3) is 0.556. The van der Waals surface area contributed by atoms with Crippen molar-refractivity contribution in [2.75, 3.05) is 36.8 Å². The van der Waals surface area contributed by atoms with E-state index in [1.807, 2.05) is 24.0 Å². The molecule has 1 fully saturated rings. The van der Waals surface area contributed by atoms with Crippen LogP contribution in [-0.4, -0.2) is 60.7 Å². The summed E-state index contributed by atoms with van der Waals surface area (Å²) in [7, 11) is -3.17. The Bertz CT molecular complexity index is 1250. The first kappa shape index (κ1) is 26.0. The Morgan fingerprint density at radius 3 is 2.49 bits per heavy atom. The lowest BCUT2D eigenvalue weighted by Gasteiger charge is -2.34. The predicted octanol–water partition coefficient (Wildman–Crippen LogP) is 4.64. The number of hydrogen-bond donors (Lipinski definition) is 0. The Morgan fingerprint density at radius 2 is 1.86 bits per heavy atom. The lowest BCUT2D eigenvalue weighted by Crippen LogP contribution is -2.40. The number of alkyl halides is 2. The number of benzene rings is 1. The Hall–Kier alpha value is -2.59. The molecule has 200 valence electrons. The normalized spacial score (nSPS) is 21.5. The zero-order valence-electron chi connectivity index (χ0n) is 21.4. The summed E-state index contributed by atoms with van der Waals surface area (Å²) in [4.78, 5) is 10.4. The van der Waals surface area contributed by atoms with Crippen LogP contribution in [-0.2, 0) is 22.4 Å². The highest BCUT2D eigenvalue weighted by Crippen LogP contribution is 2.38. The molecule has 5 rings (SSSR count). The standard InChI is InChI=1S/C27H34F2N4O3S/c1-3-14-37(34,35)33-12-8-19(9-13-33)21-4-5-24-22(15-21)16-25(36-24)20-6-10-32(11-7-20)26-30-17-23(18-31-26)27(2,28)29/h4-5,8,15,17-18,20,25H,3,6-7,9-14,16H2,1-2H3. The van der Waals surface area contributed by atoms with Crippen molar-refractivity contribution >= 4 is 21.5 Å². The Labute approximate surface area is 217 Å². The van der Waals surface area contributed by atoms with Crippen molar-refractivity contribution in [2.24, 2.45) is 5.92 Å². The number of anilines is 1. The van der Waals surface area contributed by atoms with E-state index in [1.165, 1.54) is 23.5 Å². The molecule has 0 aliphatic carbocycles. The van der Waals surface area contributed by atoms with E-state index in [-0.39, 0.29) is 17.4 Å². The van der Waals surface area contributed by atoms with Crippen molar-refractivity contribution < 1.29 is 21.9 Å². The van der Waals surface area contributed by atoms with E-state index in [0.717, 1.165) is 50.6 Å². The van der Waals surface area contributed by atoms with Crippen molar-refractivity contribution in [2.45, 2.75) is 58.0 Å². The molecule has 4 heterocycles. The maximum absolute atomic E-state index is 13.4. The zero-order chi connectivity index (χ0) is 26.2. The molecule has 0 saturated carbocycles. The van der Waals surface area contributed by atoms with Crippen LogP contribution in [0.25, 0.3) is 5.57 Å². The summed E-state index contributed by atoms with van der Waals surface area (Å²) in [6, 6.07) is 6.32. The van der Waals surface area contributed by atoms with Crippen LogP contribution in [0.4, 0.5) is 14.7 Å². The summed E-state index contributed by atoms with van der Waals surface area (Å²) in [5.41, 5.74) is 3.36. The molecule has 1 unspecified atom stereocenters. The van der Waals surface area contributed by atoms with Gasteiger partial charge in [-0.25, -0.2) is 27.2 Å². The second kappa shape index (κ2) is 10.3. The van der Waals surface area contributed by atoms with E-state index in [9.17, 15) is 17.2 Å². The third kappa shape index (κ3) is 5.65. The van der Waals surface area contributed by atoms with Crippen molar-refractivity contribution in [1.82, 2.24) is 14.3 Å². The monoisotopic (exact) mass is 532 g/mol. The van der Waals surface area contributed by atoms with Gasteiger partial charge in [-0.3, -0.25) is 0 Å². The van der Waals surface area contributed by atoms with Gasteiger partial charge >= 0.3 is 0 Å². The minimum absolute atomic E-state index is 0.115. The van der Waals surface area contributed by atoms with Gasteiger partial charge in [0.1, 0.15) is 11.9 Å². The summed E-state index contributed by atoms with van der Waals surface area (Å²) < 4.78 is 59.5. The zero-order valence-corrected chi connectivity index (χ0v) is 22.2. The van der Waals surface area contributed by atoms with Crippen molar-refractivity contribution in [3.05, 3.63) is 53.4 Å². The molecule has 2 aromatic rings. The lowest BCUT2D eigenvalue weighted by atomic mass is 9.88. The SMILES string of the molecule is CCCS(=O)(=O)N1CC=C(c2ccc3c(c2)CC(C2CCN(c4ncc(C(C)(F)F)cn4)CC2)O3)CC1. The second-order valence-electron chi connectivity index (χ2n) is 10.3. The van der Waals surface area contributed by atoms with Gasteiger partial charge in [-0.05, 0) is 60.4 Å². The molecule has 3 aliphatic heterocycles. The number of sulfonamides is 1. The first-order valence-corrected chi connectivity index (χ1v) is 14.7. The molecule has 0 amide bonds. The largest absolute Gasteiger partial charge is 0.490 e. The fourth-order valence-corrected chi connectivity index (χ4v) is 6.92. The van der Waals surface area contributed by atoms with Crippen LogP contribution in [0.1, 0.15) is 56.2 Å². The van der Waals surface area contributed by atoms with Gasteiger partial charge in [0.2, 0.25) is 16.0 Å². The number of aromatic nitrogens is 2. The van der Waals surface area contributed by atoms with Crippen LogP contribution in [0.5, 0.6) is 5.75 Å². The second-order valence-corrected chi connectivity index (χ2v) is 12.4. The molecule has 1 atom stereocenters. The number of rotatable bonds is 7. The van der Waals surface area contributed by atoms with Gasteiger partial charge in [0.05, 0.1) is 11.3 Å². The van der Waals surface area contributed by atoms with Gasteiger partial charge in [-0.15, -0.1) is 0 Å². The maximum Gasteiger partial charge on any atom is 0.273 e. The van der Waals surface area contributed by atoms with Crippen LogP contribution < -0.4 is 9.64 Å². The molecule has 3 aliphatic rings. The number of fused-ring (bicyclic) bond motifs is 1. The van der Waals surface area contributed by atoms with Gasteiger partial charge in [0, 0.05) is 51.9 Å². The van der Waals surface area contributed by atoms with Crippen LogP contribution in [0.15, 0.2) is 36.7 Å². The molecule has 0 spiro atoms. The Kier molecular flexibility index (Phi) is 7.24. The molecule has 1 aromatic carbocycles. The molecule has 37 heavy (non-hydrogen) atoms. The smallest absolute Gasteiger partial charge is 0.273 e.